The molecule has 3 nitrogen and oxygen atoms in total. The Hall–Kier alpha value is -0.570. The molecule has 3 heteroatoms. The van der Waals surface area contributed by atoms with E-state index in [0.717, 1.165) is 32.5 Å². The maximum atomic E-state index is 11.5. The summed E-state index contributed by atoms with van der Waals surface area (Å²) in [5.41, 5.74) is 0. The molecule has 12 heavy (non-hydrogen) atoms. The van der Waals surface area contributed by atoms with Crippen LogP contribution in [0.5, 0.6) is 0 Å². The van der Waals surface area contributed by atoms with Gasteiger partial charge in [0, 0.05) is 19.6 Å². The van der Waals surface area contributed by atoms with Gasteiger partial charge in [0.15, 0.2) is 0 Å². The second-order valence-electron chi connectivity index (χ2n) is 3.35. The number of hydrogen-bond donors (Lipinski definition) is 1. The Kier molecular flexibility index (Phi) is 3.53. The van der Waals surface area contributed by atoms with Crippen molar-refractivity contribution in [3.63, 3.8) is 0 Å². The summed E-state index contributed by atoms with van der Waals surface area (Å²) in [6.07, 6.45) is 2.28. The average molecular weight is 170 g/mol. The van der Waals surface area contributed by atoms with Crippen molar-refractivity contribution in [2.75, 3.05) is 19.6 Å². The molecular weight excluding hydrogens is 152 g/mol. The minimum Gasteiger partial charge on any atom is -0.340 e. The topological polar surface area (TPSA) is 32.3 Å². The van der Waals surface area contributed by atoms with Gasteiger partial charge in [-0.05, 0) is 13.3 Å². The van der Waals surface area contributed by atoms with E-state index in [-0.39, 0.29) is 11.9 Å². The maximum absolute atomic E-state index is 11.5. The van der Waals surface area contributed by atoms with E-state index in [0.29, 0.717) is 0 Å². The standard InChI is InChI=1S/C9H18N2O/c1-3-4-6-11-7-5-10-8(2)9(11)12/h8,10H,3-7H2,1-2H3. The third kappa shape index (κ3) is 2.21. The van der Waals surface area contributed by atoms with Gasteiger partial charge >= 0.3 is 0 Å². The first-order valence-electron chi connectivity index (χ1n) is 4.78. The Labute approximate surface area is 74.1 Å². The molecule has 0 aromatic heterocycles. The van der Waals surface area contributed by atoms with Gasteiger partial charge in [-0.15, -0.1) is 0 Å². The van der Waals surface area contributed by atoms with E-state index in [1.807, 2.05) is 11.8 Å². The van der Waals surface area contributed by atoms with E-state index < -0.39 is 0 Å². The number of rotatable bonds is 3. The van der Waals surface area contributed by atoms with E-state index in [4.69, 9.17) is 0 Å². The predicted molar refractivity (Wildman–Crippen MR) is 49.0 cm³/mol. The van der Waals surface area contributed by atoms with E-state index in [1.54, 1.807) is 0 Å². The van der Waals surface area contributed by atoms with Crippen molar-refractivity contribution in [1.29, 1.82) is 0 Å². The van der Waals surface area contributed by atoms with Gasteiger partial charge in [0.2, 0.25) is 5.91 Å². The average Bonchev–Trinajstić information content (AvgIpc) is 2.08. The van der Waals surface area contributed by atoms with Crippen LogP contribution in [0.1, 0.15) is 26.7 Å². The fourth-order valence-corrected chi connectivity index (χ4v) is 1.46. The first-order chi connectivity index (χ1) is 5.75. The Bertz CT molecular complexity index is 159. The van der Waals surface area contributed by atoms with Crippen molar-refractivity contribution in [1.82, 2.24) is 10.2 Å². The summed E-state index contributed by atoms with van der Waals surface area (Å²) in [7, 11) is 0. The second-order valence-corrected chi connectivity index (χ2v) is 3.35. The van der Waals surface area contributed by atoms with Gasteiger partial charge in [0.25, 0.3) is 0 Å². The number of unbranched alkanes of at least 4 members (excludes halogenated alkanes) is 1. The smallest absolute Gasteiger partial charge is 0.239 e. The van der Waals surface area contributed by atoms with Gasteiger partial charge in [-0.3, -0.25) is 4.79 Å². The fourth-order valence-electron chi connectivity index (χ4n) is 1.46. The zero-order valence-electron chi connectivity index (χ0n) is 7.97. The molecule has 0 aliphatic carbocycles. The van der Waals surface area contributed by atoms with E-state index >= 15 is 0 Å². The lowest BCUT2D eigenvalue weighted by atomic mass is 10.2. The van der Waals surface area contributed by atoms with Gasteiger partial charge < -0.3 is 10.2 Å². The molecule has 1 rings (SSSR count). The lowest BCUT2D eigenvalue weighted by Gasteiger charge is -2.31. The Balaban J connectivity index is 2.36. The van der Waals surface area contributed by atoms with Crippen LogP contribution in [0.25, 0.3) is 0 Å². The van der Waals surface area contributed by atoms with Crippen molar-refractivity contribution >= 4 is 5.91 Å². The predicted octanol–water partition coefficient (Wildman–Crippen LogP) is 0.607. The highest BCUT2D eigenvalue weighted by atomic mass is 16.2. The molecule has 1 aliphatic heterocycles. The zero-order valence-corrected chi connectivity index (χ0v) is 7.97. The molecule has 0 aromatic carbocycles. The molecule has 1 amide bonds. The van der Waals surface area contributed by atoms with Crippen molar-refractivity contribution < 1.29 is 4.79 Å². The second kappa shape index (κ2) is 4.45. The summed E-state index contributed by atoms with van der Waals surface area (Å²) < 4.78 is 0. The van der Waals surface area contributed by atoms with Crippen molar-refractivity contribution in [3.05, 3.63) is 0 Å². The lowest BCUT2D eigenvalue weighted by Crippen LogP contribution is -2.53. The van der Waals surface area contributed by atoms with Crippen molar-refractivity contribution in [3.8, 4) is 0 Å². The van der Waals surface area contributed by atoms with E-state index in [1.165, 1.54) is 0 Å². The molecule has 1 aliphatic rings. The van der Waals surface area contributed by atoms with Crippen molar-refractivity contribution in [2.24, 2.45) is 0 Å². The first-order valence-corrected chi connectivity index (χ1v) is 4.78. The summed E-state index contributed by atoms with van der Waals surface area (Å²) >= 11 is 0. The van der Waals surface area contributed by atoms with Gasteiger partial charge in [-0.1, -0.05) is 13.3 Å². The highest BCUT2D eigenvalue weighted by Crippen LogP contribution is 2.02. The number of carbonyl (C=O) groups is 1. The lowest BCUT2D eigenvalue weighted by molar-refractivity contribution is -0.135. The summed E-state index contributed by atoms with van der Waals surface area (Å²) in [6.45, 7) is 6.83. The molecule has 1 N–H and O–H groups in total. The van der Waals surface area contributed by atoms with E-state index in [9.17, 15) is 4.79 Å². The maximum Gasteiger partial charge on any atom is 0.239 e. The van der Waals surface area contributed by atoms with Crippen LogP contribution < -0.4 is 5.32 Å². The molecule has 70 valence electrons. The molecule has 0 bridgehead atoms. The first kappa shape index (κ1) is 9.52. The number of carbonyl (C=O) groups excluding carboxylic acids is 1. The summed E-state index contributed by atoms with van der Waals surface area (Å²) in [4.78, 5) is 13.5. The Morgan fingerprint density at radius 1 is 1.67 bits per heavy atom. The minimum absolute atomic E-state index is 0.0237. The van der Waals surface area contributed by atoms with Crippen LogP contribution in [0.15, 0.2) is 0 Å². The van der Waals surface area contributed by atoms with Crippen LogP contribution in [0.3, 0.4) is 0 Å². The highest BCUT2D eigenvalue weighted by molar-refractivity contribution is 5.82. The SMILES string of the molecule is CCCCN1CCNC(C)C1=O. The molecule has 1 unspecified atom stereocenters. The van der Waals surface area contributed by atoms with Crippen LogP contribution >= 0.6 is 0 Å². The molecule has 1 saturated heterocycles. The number of nitrogens with one attached hydrogen (secondary N) is 1. The summed E-state index contributed by atoms with van der Waals surface area (Å²) in [6, 6.07) is 0.0237. The van der Waals surface area contributed by atoms with Gasteiger partial charge in [-0.25, -0.2) is 0 Å². The van der Waals surface area contributed by atoms with Crippen LogP contribution in [-0.4, -0.2) is 36.5 Å². The van der Waals surface area contributed by atoms with Gasteiger partial charge in [0.1, 0.15) is 0 Å². The van der Waals surface area contributed by atoms with Crippen LogP contribution in [0.2, 0.25) is 0 Å². The number of hydrogen-bond acceptors (Lipinski definition) is 2. The zero-order chi connectivity index (χ0) is 8.97. The molecule has 1 heterocycles. The fraction of sp³-hybridized carbons (Fsp3) is 0.889. The molecule has 0 saturated carbocycles. The van der Waals surface area contributed by atoms with Crippen LogP contribution in [-0.2, 0) is 4.79 Å². The largest absolute Gasteiger partial charge is 0.340 e. The molecule has 0 aromatic rings. The molecule has 0 radical (unpaired) electrons. The van der Waals surface area contributed by atoms with Gasteiger partial charge in [0.05, 0.1) is 6.04 Å². The normalized spacial score (nSPS) is 24.7. The van der Waals surface area contributed by atoms with Crippen molar-refractivity contribution in [2.45, 2.75) is 32.7 Å². The summed E-state index contributed by atoms with van der Waals surface area (Å²) in [5, 5.41) is 3.15. The minimum atomic E-state index is 0.0237. The number of nitrogens with zero attached hydrogens (tertiary/aromatic N) is 1. The highest BCUT2D eigenvalue weighted by Gasteiger charge is 2.23. The Morgan fingerprint density at radius 2 is 2.42 bits per heavy atom. The number of piperazine rings is 1. The molecular formula is C9H18N2O. The third-order valence-electron chi connectivity index (χ3n) is 2.30. The monoisotopic (exact) mass is 170 g/mol. The van der Waals surface area contributed by atoms with Crippen LogP contribution in [0.4, 0.5) is 0 Å². The third-order valence-corrected chi connectivity index (χ3v) is 2.30. The Morgan fingerprint density at radius 3 is 3.08 bits per heavy atom. The molecule has 0 spiro atoms. The number of amides is 1. The van der Waals surface area contributed by atoms with E-state index in [2.05, 4.69) is 12.2 Å². The molecule has 1 atom stereocenters. The molecule has 1 fully saturated rings. The summed E-state index contributed by atoms with van der Waals surface area (Å²) in [5.74, 6) is 0.259. The quantitative estimate of drug-likeness (QED) is 0.673. The van der Waals surface area contributed by atoms with Crippen LogP contribution in [0, 0.1) is 0 Å². The van der Waals surface area contributed by atoms with Gasteiger partial charge in [-0.2, -0.15) is 0 Å².